The van der Waals surface area contributed by atoms with Crippen molar-refractivity contribution in [2.24, 2.45) is 5.92 Å². The number of rotatable bonds is 5. The Morgan fingerprint density at radius 2 is 2.08 bits per heavy atom. The van der Waals surface area contributed by atoms with Gasteiger partial charge < -0.3 is 5.32 Å². The van der Waals surface area contributed by atoms with Gasteiger partial charge in [0.2, 0.25) is 5.91 Å². The average Bonchev–Trinajstić information content (AvgIpc) is 2.03. The van der Waals surface area contributed by atoms with Crippen molar-refractivity contribution < 1.29 is 4.79 Å². The highest BCUT2D eigenvalue weighted by molar-refractivity contribution is 6.27. The van der Waals surface area contributed by atoms with Gasteiger partial charge in [0.15, 0.2) is 0 Å². The minimum atomic E-state index is -0.0764. The van der Waals surface area contributed by atoms with Gasteiger partial charge in [-0.25, -0.2) is 0 Å². The molecule has 0 aliphatic heterocycles. The molecule has 0 aromatic heterocycles. The molecule has 3 heteroatoms. The van der Waals surface area contributed by atoms with Gasteiger partial charge >= 0.3 is 0 Å². The lowest BCUT2D eigenvalue weighted by molar-refractivity contribution is -0.119. The van der Waals surface area contributed by atoms with Gasteiger partial charge in [-0.15, -0.1) is 11.6 Å². The van der Waals surface area contributed by atoms with Crippen LogP contribution < -0.4 is 5.32 Å². The quantitative estimate of drug-likeness (QED) is 0.664. The number of nitrogens with one attached hydrogen (secondary N) is 1. The van der Waals surface area contributed by atoms with Gasteiger partial charge in [-0.2, -0.15) is 0 Å². The Kier molecular flexibility index (Phi) is 6.17. The van der Waals surface area contributed by atoms with Crippen molar-refractivity contribution >= 4 is 17.5 Å². The number of amides is 1. The van der Waals surface area contributed by atoms with Crippen molar-refractivity contribution in [1.82, 2.24) is 5.32 Å². The second kappa shape index (κ2) is 6.30. The van der Waals surface area contributed by atoms with Crippen LogP contribution in [0.3, 0.4) is 0 Å². The molecule has 0 spiro atoms. The first-order valence-electron chi connectivity index (χ1n) is 4.45. The molecule has 2 unspecified atom stereocenters. The number of carbonyl (C=O) groups excluding carboxylic acids is 1. The summed E-state index contributed by atoms with van der Waals surface area (Å²) in [7, 11) is 0. The number of alkyl halides is 1. The monoisotopic (exact) mass is 191 g/mol. The Hall–Kier alpha value is -0.240. The number of hydrogen-bond donors (Lipinski definition) is 1. The molecule has 2 nitrogen and oxygen atoms in total. The van der Waals surface area contributed by atoms with E-state index in [0.29, 0.717) is 5.92 Å². The molecule has 2 atom stereocenters. The number of hydrogen-bond acceptors (Lipinski definition) is 1. The minimum absolute atomic E-state index is 0.0604. The Bertz CT molecular complexity index is 138. The molecule has 0 rings (SSSR count). The summed E-state index contributed by atoms with van der Waals surface area (Å²) in [5.74, 6) is 0.647. The maximum Gasteiger partial charge on any atom is 0.235 e. The lowest BCUT2D eigenvalue weighted by Crippen LogP contribution is -2.34. The van der Waals surface area contributed by atoms with Crippen LogP contribution in [0.1, 0.15) is 33.6 Å². The van der Waals surface area contributed by atoms with E-state index in [4.69, 9.17) is 11.6 Å². The van der Waals surface area contributed by atoms with E-state index in [2.05, 4.69) is 19.2 Å². The van der Waals surface area contributed by atoms with Crippen LogP contribution >= 0.6 is 11.6 Å². The van der Waals surface area contributed by atoms with E-state index in [-0.39, 0.29) is 17.8 Å². The fourth-order valence-electron chi connectivity index (χ4n) is 1.14. The summed E-state index contributed by atoms with van der Waals surface area (Å²) >= 11 is 5.35. The zero-order valence-corrected chi connectivity index (χ0v) is 8.82. The van der Waals surface area contributed by atoms with Gasteiger partial charge in [-0.05, 0) is 19.3 Å². The lowest BCUT2D eigenvalue weighted by atomic mass is 10.0. The van der Waals surface area contributed by atoms with E-state index in [1.807, 2.05) is 6.92 Å². The largest absolute Gasteiger partial charge is 0.353 e. The van der Waals surface area contributed by atoms with Crippen LogP contribution in [0.5, 0.6) is 0 Å². The van der Waals surface area contributed by atoms with Crippen molar-refractivity contribution in [3.8, 4) is 0 Å². The zero-order valence-electron chi connectivity index (χ0n) is 8.06. The van der Waals surface area contributed by atoms with Crippen molar-refractivity contribution in [2.75, 3.05) is 5.88 Å². The molecule has 0 bridgehead atoms. The summed E-state index contributed by atoms with van der Waals surface area (Å²) in [5, 5.41) is 2.82. The molecule has 0 saturated carbocycles. The summed E-state index contributed by atoms with van der Waals surface area (Å²) in [4.78, 5) is 10.8. The molecular weight excluding hydrogens is 174 g/mol. The Labute approximate surface area is 79.7 Å². The SMILES string of the molecule is CCC(C)CC(C)NC(=O)CCl. The summed E-state index contributed by atoms with van der Waals surface area (Å²) in [6.45, 7) is 6.35. The summed E-state index contributed by atoms with van der Waals surface area (Å²) in [6.07, 6.45) is 2.18. The van der Waals surface area contributed by atoms with Gasteiger partial charge in [0.1, 0.15) is 5.88 Å². The van der Waals surface area contributed by atoms with Crippen LogP contribution in [0.2, 0.25) is 0 Å². The topological polar surface area (TPSA) is 29.1 Å². The van der Waals surface area contributed by atoms with Crippen LogP contribution in [0.15, 0.2) is 0 Å². The first-order chi connectivity index (χ1) is 5.60. The zero-order chi connectivity index (χ0) is 9.56. The maximum atomic E-state index is 10.8. The van der Waals surface area contributed by atoms with E-state index in [9.17, 15) is 4.79 Å². The van der Waals surface area contributed by atoms with E-state index in [1.165, 1.54) is 0 Å². The van der Waals surface area contributed by atoms with Crippen molar-refractivity contribution in [2.45, 2.75) is 39.7 Å². The Morgan fingerprint density at radius 3 is 2.50 bits per heavy atom. The normalized spacial score (nSPS) is 15.3. The summed E-state index contributed by atoms with van der Waals surface area (Å²) < 4.78 is 0. The molecule has 0 saturated heterocycles. The fourth-order valence-corrected chi connectivity index (χ4v) is 1.22. The fraction of sp³-hybridized carbons (Fsp3) is 0.889. The predicted molar refractivity (Wildman–Crippen MR) is 52.4 cm³/mol. The van der Waals surface area contributed by atoms with E-state index >= 15 is 0 Å². The predicted octanol–water partition coefficient (Wildman–Crippen LogP) is 2.17. The first-order valence-corrected chi connectivity index (χ1v) is 4.98. The second-order valence-corrected chi connectivity index (χ2v) is 3.62. The lowest BCUT2D eigenvalue weighted by Gasteiger charge is -2.16. The van der Waals surface area contributed by atoms with Crippen LogP contribution in [0.25, 0.3) is 0 Å². The Morgan fingerprint density at radius 1 is 1.50 bits per heavy atom. The molecule has 0 fully saturated rings. The van der Waals surface area contributed by atoms with Gasteiger partial charge in [-0.1, -0.05) is 20.3 Å². The molecule has 12 heavy (non-hydrogen) atoms. The van der Waals surface area contributed by atoms with E-state index in [1.54, 1.807) is 0 Å². The highest BCUT2D eigenvalue weighted by Gasteiger charge is 2.08. The molecule has 0 aromatic carbocycles. The van der Waals surface area contributed by atoms with Crippen molar-refractivity contribution in [3.63, 3.8) is 0 Å². The molecule has 0 heterocycles. The second-order valence-electron chi connectivity index (χ2n) is 3.35. The van der Waals surface area contributed by atoms with Crippen molar-refractivity contribution in [3.05, 3.63) is 0 Å². The summed E-state index contributed by atoms with van der Waals surface area (Å²) in [6, 6.07) is 0.242. The third-order valence-electron chi connectivity index (χ3n) is 1.98. The highest BCUT2D eigenvalue weighted by atomic mass is 35.5. The van der Waals surface area contributed by atoms with Crippen LogP contribution in [-0.2, 0) is 4.79 Å². The molecule has 0 radical (unpaired) electrons. The number of carbonyl (C=O) groups is 1. The standard InChI is InChI=1S/C9H18ClNO/c1-4-7(2)5-8(3)11-9(12)6-10/h7-8H,4-6H2,1-3H3,(H,11,12). The van der Waals surface area contributed by atoms with Gasteiger partial charge in [0.25, 0.3) is 0 Å². The van der Waals surface area contributed by atoms with Crippen molar-refractivity contribution in [1.29, 1.82) is 0 Å². The molecule has 0 aliphatic carbocycles. The molecule has 0 aliphatic rings. The van der Waals surface area contributed by atoms with Crippen LogP contribution in [0, 0.1) is 5.92 Å². The summed E-state index contributed by atoms with van der Waals surface area (Å²) in [5.41, 5.74) is 0. The first kappa shape index (κ1) is 11.8. The smallest absolute Gasteiger partial charge is 0.235 e. The van der Waals surface area contributed by atoms with E-state index < -0.39 is 0 Å². The van der Waals surface area contributed by atoms with Gasteiger partial charge in [-0.3, -0.25) is 4.79 Å². The third kappa shape index (κ3) is 5.42. The van der Waals surface area contributed by atoms with Gasteiger partial charge in [0, 0.05) is 6.04 Å². The Balaban J connectivity index is 3.58. The van der Waals surface area contributed by atoms with Gasteiger partial charge in [0.05, 0.1) is 0 Å². The maximum absolute atomic E-state index is 10.8. The third-order valence-corrected chi connectivity index (χ3v) is 2.22. The highest BCUT2D eigenvalue weighted by Crippen LogP contribution is 2.09. The van der Waals surface area contributed by atoms with E-state index in [0.717, 1.165) is 12.8 Å². The number of halogens is 1. The van der Waals surface area contributed by atoms with Crippen LogP contribution in [-0.4, -0.2) is 17.8 Å². The van der Waals surface area contributed by atoms with Crippen LogP contribution in [0.4, 0.5) is 0 Å². The molecule has 0 aromatic rings. The molecule has 1 N–H and O–H groups in total. The molecule has 72 valence electrons. The minimum Gasteiger partial charge on any atom is -0.353 e. The average molecular weight is 192 g/mol. The molecule has 1 amide bonds. The molecular formula is C9H18ClNO.